The lowest BCUT2D eigenvalue weighted by atomic mass is 10.2. The summed E-state index contributed by atoms with van der Waals surface area (Å²) in [5, 5.41) is 11.6. The molecule has 0 radical (unpaired) electrons. The summed E-state index contributed by atoms with van der Waals surface area (Å²) in [6, 6.07) is 0. The molecule has 1 atom stereocenters. The molecule has 1 N–H and O–H groups in total. The van der Waals surface area contributed by atoms with Crippen molar-refractivity contribution in [3.05, 3.63) is 16.1 Å². The third-order valence-corrected chi connectivity index (χ3v) is 2.82. The minimum absolute atomic E-state index is 0.0391. The molecule has 4 heteroatoms. The van der Waals surface area contributed by atoms with Crippen molar-refractivity contribution >= 4 is 11.3 Å². The molecule has 1 fully saturated rings. The Morgan fingerprint density at radius 1 is 1.75 bits per heavy atom. The second-order valence-electron chi connectivity index (χ2n) is 2.83. The van der Waals surface area contributed by atoms with Crippen LogP contribution in [0.5, 0.6) is 0 Å². The minimum atomic E-state index is 0.0391. The van der Waals surface area contributed by atoms with Gasteiger partial charge in [0.25, 0.3) is 0 Å². The predicted molar refractivity (Wildman–Crippen MR) is 46.0 cm³/mol. The van der Waals surface area contributed by atoms with E-state index in [1.165, 1.54) is 11.3 Å². The summed E-state index contributed by atoms with van der Waals surface area (Å²) in [5.41, 5.74) is 0.988. The number of thiazole rings is 1. The first-order chi connectivity index (χ1) is 5.90. The molecule has 0 aromatic carbocycles. The van der Waals surface area contributed by atoms with Gasteiger partial charge in [-0.05, 0) is 12.8 Å². The van der Waals surface area contributed by atoms with Crippen LogP contribution in [0.3, 0.4) is 0 Å². The molecule has 0 unspecified atom stereocenters. The van der Waals surface area contributed by atoms with E-state index in [9.17, 15) is 0 Å². The quantitative estimate of drug-likeness (QED) is 0.759. The molecule has 0 spiro atoms. The van der Waals surface area contributed by atoms with Crippen LogP contribution in [0.15, 0.2) is 5.38 Å². The van der Waals surface area contributed by atoms with Gasteiger partial charge in [0.15, 0.2) is 0 Å². The van der Waals surface area contributed by atoms with Crippen LogP contribution >= 0.6 is 11.3 Å². The van der Waals surface area contributed by atoms with E-state index in [4.69, 9.17) is 9.84 Å². The average Bonchev–Trinajstić information content (AvgIpc) is 2.75. The van der Waals surface area contributed by atoms with Crippen molar-refractivity contribution < 1.29 is 9.84 Å². The van der Waals surface area contributed by atoms with Crippen molar-refractivity contribution in [3.63, 3.8) is 0 Å². The Bertz CT molecular complexity index is 255. The second kappa shape index (κ2) is 3.51. The minimum Gasteiger partial charge on any atom is -0.389 e. The van der Waals surface area contributed by atoms with E-state index >= 15 is 0 Å². The highest BCUT2D eigenvalue weighted by Gasteiger charge is 2.19. The van der Waals surface area contributed by atoms with Gasteiger partial charge in [0.1, 0.15) is 11.1 Å². The highest BCUT2D eigenvalue weighted by atomic mass is 32.1. The van der Waals surface area contributed by atoms with Crippen LogP contribution in [0.1, 0.15) is 29.6 Å². The van der Waals surface area contributed by atoms with Crippen LogP contribution in [0, 0.1) is 0 Å². The van der Waals surface area contributed by atoms with E-state index in [0.29, 0.717) is 0 Å². The standard InChI is InChI=1S/C8H11NO2S/c10-4-8-9-6(5-12-8)7-2-1-3-11-7/h5,7,10H,1-4H2/t7-/m0/s1. The molecule has 1 aromatic heterocycles. The van der Waals surface area contributed by atoms with Crippen molar-refractivity contribution in [1.82, 2.24) is 4.98 Å². The van der Waals surface area contributed by atoms with Gasteiger partial charge in [-0.25, -0.2) is 4.98 Å². The summed E-state index contributed by atoms with van der Waals surface area (Å²) in [7, 11) is 0. The van der Waals surface area contributed by atoms with Crippen molar-refractivity contribution in [2.75, 3.05) is 6.61 Å². The maximum absolute atomic E-state index is 8.80. The third-order valence-electron chi connectivity index (χ3n) is 1.96. The zero-order valence-electron chi connectivity index (χ0n) is 6.69. The van der Waals surface area contributed by atoms with Gasteiger partial charge in [-0.3, -0.25) is 0 Å². The molecular weight excluding hydrogens is 174 g/mol. The number of aliphatic hydroxyl groups is 1. The number of rotatable bonds is 2. The summed E-state index contributed by atoms with van der Waals surface area (Å²) in [6.07, 6.45) is 2.37. The highest BCUT2D eigenvalue weighted by molar-refractivity contribution is 7.09. The summed E-state index contributed by atoms with van der Waals surface area (Å²) < 4.78 is 5.46. The summed E-state index contributed by atoms with van der Waals surface area (Å²) in [6.45, 7) is 0.883. The lowest BCUT2D eigenvalue weighted by Crippen LogP contribution is -1.96. The zero-order chi connectivity index (χ0) is 8.39. The van der Waals surface area contributed by atoms with E-state index in [2.05, 4.69) is 4.98 Å². The number of ether oxygens (including phenoxy) is 1. The van der Waals surface area contributed by atoms with Crippen molar-refractivity contribution in [2.24, 2.45) is 0 Å². The molecule has 12 heavy (non-hydrogen) atoms. The fourth-order valence-corrected chi connectivity index (χ4v) is 2.05. The molecule has 2 rings (SSSR count). The molecule has 0 aliphatic carbocycles. The van der Waals surface area contributed by atoms with Crippen LogP contribution in [0.25, 0.3) is 0 Å². The Morgan fingerprint density at radius 2 is 2.67 bits per heavy atom. The largest absolute Gasteiger partial charge is 0.389 e. The Morgan fingerprint density at radius 3 is 3.25 bits per heavy atom. The molecule has 1 aliphatic heterocycles. The SMILES string of the molecule is OCc1nc([C@@H]2CCCO2)cs1. The maximum atomic E-state index is 8.80. The van der Waals surface area contributed by atoms with Gasteiger partial charge in [0, 0.05) is 12.0 Å². The van der Waals surface area contributed by atoms with E-state index in [1.54, 1.807) is 0 Å². The molecule has 2 heterocycles. The van der Waals surface area contributed by atoms with Crippen LogP contribution in [0.4, 0.5) is 0 Å². The fraction of sp³-hybridized carbons (Fsp3) is 0.625. The predicted octanol–water partition coefficient (Wildman–Crippen LogP) is 1.49. The van der Waals surface area contributed by atoms with E-state index in [-0.39, 0.29) is 12.7 Å². The first-order valence-electron chi connectivity index (χ1n) is 4.07. The van der Waals surface area contributed by atoms with E-state index in [0.717, 1.165) is 30.2 Å². The average molecular weight is 185 g/mol. The number of nitrogens with zero attached hydrogens (tertiary/aromatic N) is 1. The van der Waals surface area contributed by atoms with Crippen molar-refractivity contribution in [2.45, 2.75) is 25.6 Å². The van der Waals surface area contributed by atoms with Gasteiger partial charge < -0.3 is 9.84 Å². The summed E-state index contributed by atoms with van der Waals surface area (Å²) >= 11 is 1.50. The number of hydrogen-bond donors (Lipinski definition) is 1. The molecule has 3 nitrogen and oxygen atoms in total. The lowest BCUT2D eigenvalue weighted by molar-refractivity contribution is 0.109. The Hall–Kier alpha value is -0.450. The first-order valence-corrected chi connectivity index (χ1v) is 4.95. The topological polar surface area (TPSA) is 42.4 Å². The molecule has 0 bridgehead atoms. The number of aromatic nitrogens is 1. The summed E-state index contributed by atoms with van der Waals surface area (Å²) in [4.78, 5) is 4.25. The van der Waals surface area contributed by atoms with Gasteiger partial charge in [-0.2, -0.15) is 0 Å². The van der Waals surface area contributed by atoms with Gasteiger partial charge in [0.2, 0.25) is 0 Å². The smallest absolute Gasteiger partial charge is 0.118 e. The fourth-order valence-electron chi connectivity index (χ4n) is 1.36. The van der Waals surface area contributed by atoms with Gasteiger partial charge in [-0.1, -0.05) is 0 Å². The highest BCUT2D eigenvalue weighted by Crippen LogP contribution is 2.28. The van der Waals surface area contributed by atoms with Gasteiger partial charge in [0.05, 0.1) is 12.3 Å². The lowest BCUT2D eigenvalue weighted by Gasteiger charge is -2.03. The van der Waals surface area contributed by atoms with Crippen LogP contribution < -0.4 is 0 Å². The maximum Gasteiger partial charge on any atom is 0.118 e. The third kappa shape index (κ3) is 1.50. The van der Waals surface area contributed by atoms with Crippen LogP contribution in [0.2, 0.25) is 0 Å². The number of hydrogen-bond acceptors (Lipinski definition) is 4. The Labute approximate surface area is 75.0 Å². The summed E-state index contributed by atoms with van der Waals surface area (Å²) in [5.74, 6) is 0. The molecule has 1 saturated heterocycles. The van der Waals surface area contributed by atoms with E-state index in [1.807, 2.05) is 5.38 Å². The Balaban J connectivity index is 2.11. The Kier molecular flexibility index (Phi) is 2.39. The molecule has 0 saturated carbocycles. The van der Waals surface area contributed by atoms with E-state index < -0.39 is 0 Å². The monoisotopic (exact) mass is 185 g/mol. The van der Waals surface area contributed by atoms with Gasteiger partial charge in [-0.15, -0.1) is 11.3 Å². The molecule has 0 amide bonds. The zero-order valence-corrected chi connectivity index (χ0v) is 7.51. The molecule has 66 valence electrons. The van der Waals surface area contributed by atoms with Crippen molar-refractivity contribution in [1.29, 1.82) is 0 Å². The van der Waals surface area contributed by atoms with Crippen LogP contribution in [-0.2, 0) is 11.3 Å². The second-order valence-corrected chi connectivity index (χ2v) is 3.77. The van der Waals surface area contributed by atoms with Crippen LogP contribution in [-0.4, -0.2) is 16.7 Å². The van der Waals surface area contributed by atoms with Crippen molar-refractivity contribution in [3.8, 4) is 0 Å². The van der Waals surface area contributed by atoms with Gasteiger partial charge >= 0.3 is 0 Å². The molecule has 1 aromatic rings. The number of aliphatic hydroxyl groups excluding tert-OH is 1. The normalized spacial score (nSPS) is 23.2. The molecular formula is C8H11NO2S. The molecule has 1 aliphatic rings. The first kappa shape index (κ1) is 8.16.